The Morgan fingerprint density at radius 3 is 1.67 bits per heavy atom. The van der Waals surface area contributed by atoms with Gasteiger partial charge in [0.05, 0.1) is 24.5 Å². The molecule has 8 rings (SSSR count). The fraction of sp³-hybridized carbons (Fsp3) is 0.273. The van der Waals surface area contributed by atoms with Crippen LogP contribution in [-0.4, -0.2) is 65.0 Å². The van der Waals surface area contributed by atoms with Crippen molar-refractivity contribution in [1.82, 2.24) is 59.9 Å². The second kappa shape index (κ2) is 20.5. The summed E-state index contributed by atoms with van der Waals surface area (Å²) in [6, 6.07) is 33.1. The number of imidazole rings is 2. The number of aromatic amines is 1. The van der Waals surface area contributed by atoms with Crippen molar-refractivity contribution in [3.8, 4) is 45.0 Å². The fourth-order valence-electron chi connectivity index (χ4n) is 7.46. The molecule has 0 amide bonds. The van der Waals surface area contributed by atoms with Gasteiger partial charge in [-0.05, 0) is 61.9 Å². The molecule has 0 aliphatic carbocycles. The molecule has 0 saturated heterocycles. The van der Waals surface area contributed by atoms with Crippen molar-refractivity contribution in [3.05, 3.63) is 142 Å². The van der Waals surface area contributed by atoms with Crippen LogP contribution in [0.4, 0.5) is 0 Å². The number of halogens is 2. The molecule has 13 nitrogen and oxygen atoms in total. The maximum absolute atomic E-state index is 10.1. The van der Waals surface area contributed by atoms with E-state index in [1.165, 1.54) is 0 Å². The van der Waals surface area contributed by atoms with E-state index in [4.69, 9.17) is 28.2 Å². The monoisotopic (exact) mass is 865 g/mol. The molecule has 60 heavy (non-hydrogen) atoms. The van der Waals surface area contributed by atoms with Crippen LogP contribution in [0.2, 0.25) is 10.3 Å². The van der Waals surface area contributed by atoms with Gasteiger partial charge in [0.1, 0.15) is 11.6 Å². The Kier molecular flexibility index (Phi) is 14.9. The molecule has 0 aliphatic rings. The predicted molar refractivity (Wildman–Crippen MR) is 229 cm³/mol. The van der Waals surface area contributed by atoms with E-state index in [1.54, 1.807) is 4.68 Å². The van der Waals surface area contributed by atoms with E-state index in [9.17, 15) is 5.11 Å². The molecule has 300 valence electrons. The zero-order valence-corrected chi connectivity index (χ0v) is 38.6. The summed E-state index contributed by atoms with van der Waals surface area (Å²) in [5.41, 5.74) is 9.51. The van der Waals surface area contributed by atoms with Crippen LogP contribution in [0.25, 0.3) is 45.0 Å². The van der Waals surface area contributed by atoms with Crippen LogP contribution in [0.5, 0.6) is 0 Å². The number of rotatable bonds is 17. The summed E-state index contributed by atoms with van der Waals surface area (Å²) in [7, 11) is 0. The smallest absolute Gasteiger partial charge is 0.390 e. The first-order valence-corrected chi connectivity index (χ1v) is 20.7. The number of nitrogens with one attached hydrogen (secondary N) is 1. The Bertz CT molecular complexity index is 2640. The van der Waals surface area contributed by atoms with Crippen LogP contribution in [0.15, 0.2) is 97.1 Å². The normalized spacial score (nSPS) is 11.3. The summed E-state index contributed by atoms with van der Waals surface area (Å²) >= 11 is 13.4. The molecule has 0 fully saturated rings. The molecule has 0 bridgehead atoms. The standard InChI is InChI=1S/C44H44Cl2N12O.K/c1-3-5-15-39-47-41(45)37(56(39)25-29-17-21-31(22-18-29)33-11-7-9-13-35(33)43-49-52-53-50-43)27-58-44(51-54-55-58)36-14-10-8-12-34(36)32-23-19-30(20-24-32)26-57-38(28-59)42(46)48-40(57)16-6-4-2;/h7-14,17-24,59H,3-6,15-16,25-28H2,1-2H3,(H,49,50,52,53);/q;+1. The number of hydrogen-bond acceptors (Lipinski definition) is 9. The van der Waals surface area contributed by atoms with Gasteiger partial charge in [0, 0.05) is 37.1 Å². The maximum atomic E-state index is 10.1. The summed E-state index contributed by atoms with van der Waals surface area (Å²) in [6.45, 7) is 5.61. The SMILES string of the molecule is CCCCc1nc(Cl)c(CO)n1Cc1ccc(-c2ccccc2-c2nnnn2Cc2c(Cl)nc(CCCC)n2Cc2ccc(-c3ccccc3-c3nn[nH]n3)cc2)cc1.[K+]. The fourth-order valence-corrected chi connectivity index (χ4v) is 7.98. The first-order valence-electron chi connectivity index (χ1n) is 19.9. The van der Waals surface area contributed by atoms with E-state index in [1.807, 2.05) is 41.0 Å². The van der Waals surface area contributed by atoms with E-state index in [2.05, 4.69) is 120 Å². The summed E-state index contributed by atoms with van der Waals surface area (Å²) in [5, 5.41) is 38.7. The Balaban J connectivity index is 0.00000544. The van der Waals surface area contributed by atoms with Gasteiger partial charge in [0.2, 0.25) is 5.82 Å². The van der Waals surface area contributed by atoms with Gasteiger partial charge in [-0.15, -0.1) is 15.3 Å². The largest absolute Gasteiger partial charge is 1.00 e. The number of benzene rings is 4. The third-order valence-corrected chi connectivity index (χ3v) is 11.2. The number of hydrogen-bond donors (Lipinski definition) is 2. The number of unbranched alkanes of at least 4 members (excludes halogenated alkanes) is 2. The summed E-state index contributed by atoms with van der Waals surface area (Å²) < 4.78 is 6.04. The van der Waals surface area contributed by atoms with Gasteiger partial charge in [0.25, 0.3) is 0 Å². The van der Waals surface area contributed by atoms with E-state index in [-0.39, 0.29) is 58.0 Å². The predicted octanol–water partition coefficient (Wildman–Crippen LogP) is 5.88. The van der Waals surface area contributed by atoms with Crippen LogP contribution in [-0.2, 0) is 39.1 Å². The Labute approximate surface area is 401 Å². The van der Waals surface area contributed by atoms with Gasteiger partial charge in [-0.1, -0.05) is 147 Å². The quantitative estimate of drug-likeness (QED) is 0.107. The third kappa shape index (κ3) is 9.56. The van der Waals surface area contributed by atoms with Crippen LogP contribution in [0.1, 0.15) is 73.7 Å². The van der Waals surface area contributed by atoms with Crippen molar-refractivity contribution in [1.29, 1.82) is 0 Å². The molecule has 0 unspecified atom stereocenters. The summed E-state index contributed by atoms with van der Waals surface area (Å²) in [5.74, 6) is 2.98. The number of aliphatic hydroxyl groups is 1. The van der Waals surface area contributed by atoms with E-state index < -0.39 is 0 Å². The van der Waals surface area contributed by atoms with Crippen molar-refractivity contribution >= 4 is 23.2 Å². The molecule has 8 aromatic rings. The molecule has 4 aromatic heterocycles. The van der Waals surface area contributed by atoms with Crippen LogP contribution in [0, 0.1) is 0 Å². The second-order valence-electron chi connectivity index (χ2n) is 14.4. The second-order valence-corrected chi connectivity index (χ2v) is 15.2. The first kappa shape index (κ1) is 43.7. The zero-order valence-electron chi connectivity index (χ0n) is 33.9. The topological polar surface area (TPSA) is 154 Å². The van der Waals surface area contributed by atoms with Crippen LogP contribution in [0.3, 0.4) is 0 Å². The minimum absolute atomic E-state index is 0. The van der Waals surface area contributed by atoms with Crippen molar-refractivity contribution < 1.29 is 56.5 Å². The molecular weight excluding hydrogens is 823 g/mol. The van der Waals surface area contributed by atoms with Gasteiger partial charge in [-0.3, -0.25) is 0 Å². The van der Waals surface area contributed by atoms with Crippen LogP contribution < -0.4 is 51.4 Å². The van der Waals surface area contributed by atoms with Gasteiger partial charge in [-0.2, -0.15) is 5.21 Å². The number of aliphatic hydroxyl groups excluding tert-OH is 1. The molecule has 0 spiro atoms. The number of nitrogens with zero attached hydrogens (tertiary/aromatic N) is 11. The molecule has 0 saturated carbocycles. The minimum atomic E-state index is -0.170. The minimum Gasteiger partial charge on any atom is -0.390 e. The van der Waals surface area contributed by atoms with E-state index in [0.717, 1.165) is 100 Å². The Hall–Kier alpha value is -4.38. The molecule has 4 aromatic carbocycles. The number of H-pyrrole nitrogens is 1. The summed E-state index contributed by atoms with van der Waals surface area (Å²) in [6.07, 6.45) is 5.66. The van der Waals surface area contributed by atoms with Gasteiger partial charge in [-0.25, -0.2) is 14.6 Å². The van der Waals surface area contributed by atoms with Gasteiger partial charge in [0.15, 0.2) is 16.1 Å². The first-order chi connectivity index (χ1) is 28.9. The van der Waals surface area contributed by atoms with Crippen LogP contribution >= 0.6 is 23.2 Å². The molecule has 4 heterocycles. The molecule has 0 radical (unpaired) electrons. The van der Waals surface area contributed by atoms with Crippen molar-refractivity contribution in [3.63, 3.8) is 0 Å². The molecule has 0 aliphatic heterocycles. The van der Waals surface area contributed by atoms with Crippen molar-refractivity contribution in [2.24, 2.45) is 0 Å². The number of aromatic nitrogens is 12. The van der Waals surface area contributed by atoms with Gasteiger partial charge >= 0.3 is 51.4 Å². The molecule has 16 heteroatoms. The number of tetrazole rings is 2. The third-order valence-electron chi connectivity index (χ3n) is 10.6. The summed E-state index contributed by atoms with van der Waals surface area (Å²) in [4.78, 5) is 9.42. The molecular formula is C44H44Cl2KN12O+. The maximum Gasteiger partial charge on any atom is 1.00 e. The average Bonchev–Trinajstić information content (AvgIpc) is 4.08. The Morgan fingerprint density at radius 1 is 0.617 bits per heavy atom. The van der Waals surface area contributed by atoms with Crippen molar-refractivity contribution in [2.45, 2.75) is 78.6 Å². The molecule has 2 N–H and O–H groups in total. The average molecular weight is 867 g/mol. The Morgan fingerprint density at radius 2 is 1.13 bits per heavy atom. The molecule has 0 atom stereocenters. The van der Waals surface area contributed by atoms with Gasteiger partial charge < -0.3 is 14.2 Å². The zero-order chi connectivity index (χ0) is 40.7. The van der Waals surface area contributed by atoms with E-state index >= 15 is 0 Å². The van der Waals surface area contributed by atoms with Crippen molar-refractivity contribution in [2.75, 3.05) is 0 Å². The number of aryl methyl sites for hydroxylation is 2. The van der Waals surface area contributed by atoms with E-state index in [0.29, 0.717) is 47.3 Å².